The summed E-state index contributed by atoms with van der Waals surface area (Å²) in [6, 6.07) is 15.0. The van der Waals surface area contributed by atoms with Crippen LogP contribution in [0.2, 0.25) is 5.02 Å². The highest BCUT2D eigenvalue weighted by Crippen LogP contribution is 2.24. The van der Waals surface area contributed by atoms with Crippen LogP contribution in [0.15, 0.2) is 54.7 Å². The van der Waals surface area contributed by atoms with Crippen LogP contribution in [-0.4, -0.2) is 15.9 Å². The lowest BCUT2D eigenvalue weighted by Crippen LogP contribution is -2.17. The normalized spacial score (nSPS) is 10.2. The molecule has 0 aliphatic heterocycles. The number of benzene rings is 2. The van der Waals surface area contributed by atoms with Gasteiger partial charge in [0.05, 0.1) is 6.20 Å². The molecule has 0 radical (unpaired) electrons. The van der Waals surface area contributed by atoms with E-state index in [0.29, 0.717) is 0 Å². The van der Waals surface area contributed by atoms with E-state index in [1.165, 1.54) is 18.3 Å². The lowest BCUT2D eigenvalue weighted by atomic mass is 10.2. The van der Waals surface area contributed by atoms with Gasteiger partial charge in [-0.05, 0) is 23.8 Å². The number of carbonyl (C=O) groups is 1. The first-order valence-electron chi connectivity index (χ1n) is 7.49. The number of hydrogen-bond acceptors (Lipinski definition) is 4. The summed E-state index contributed by atoms with van der Waals surface area (Å²) in [6.07, 6.45) is 0.433. The zero-order valence-corrected chi connectivity index (χ0v) is 14.1. The van der Waals surface area contributed by atoms with E-state index in [1.54, 1.807) is 12.1 Å². The maximum atomic E-state index is 14.2. The monoisotopic (exact) mass is 370 g/mol. The van der Waals surface area contributed by atoms with Gasteiger partial charge in [-0.25, -0.2) is 13.9 Å². The summed E-state index contributed by atoms with van der Waals surface area (Å²) >= 11 is 5.75. The fourth-order valence-corrected chi connectivity index (χ4v) is 2.40. The average molecular weight is 371 g/mol. The summed E-state index contributed by atoms with van der Waals surface area (Å²) in [5, 5.41) is 15.8. The molecule has 0 fully saturated rings. The van der Waals surface area contributed by atoms with E-state index in [9.17, 15) is 14.4 Å². The predicted octanol–water partition coefficient (Wildman–Crippen LogP) is 4.29. The molecule has 1 N–H and O–H groups in total. The van der Waals surface area contributed by atoms with Crippen molar-refractivity contribution in [2.45, 2.75) is 6.61 Å². The van der Waals surface area contributed by atoms with E-state index >= 15 is 0 Å². The second kappa shape index (κ2) is 7.68. The number of aromatic nitrogens is 2. The fourth-order valence-electron chi connectivity index (χ4n) is 2.24. The van der Waals surface area contributed by atoms with Crippen molar-refractivity contribution in [3.8, 4) is 11.8 Å². The lowest BCUT2D eigenvalue weighted by Gasteiger charge is -2.11. The van der Waals surface area contributed by atoms with Gasteiger partial charge < -0.3 is 4.74 Å². The molecule has 0 saturated heterocycles. The molecule has 26 heavy (non-hydrogen) atoms. The Morgan fingerprint density at radius 1 is 1.31 bits per heavy atom. The number of nitriles is 1. The molecular formula is C18H12ClFN4O2. The second-order valence-corrected chi connectivity index (χ2v) is 5.65. The largest absolute Gasteiger partial charge is 0.444 e. The Balaban J connectivity index is 1.82. The molecule has 0 aliphatic rings. The molecule has 3 aromatic rings. The van der Waals surface area contributed by atoms with Gasteiger partial charge in [0.25, 0.3) is 0 Å². The maximum Gasteiger partial charge on any atom is 0.413 e. The lowest BCUT2D eigenvalue weighted by molar-refractivity contribution is 0.155. The number of amides is 1. The van der Waals surface area contributed by atoms with Crippen LogP contribution in [0.5, 0.6) is 0 Å². The van der Waals surface area contributed by atoms with Crippen LogP contribution in [-0.2, 0) is 11.3 Å². The molecule has 0 unspecified atom stereocenters. The Bertz CT molecular complexity index is 983. The highest BCUT2D eigenvalue weighted by atomic mass is 35.5. The van der Waals surface area contributed by atoms with Gasteiger partial charge in [0.15, 0.2) is 5.82 Å². The van der Waals surface area contributed by atoms with Crippen molar-refractivity contribution in [2.75, 3.05) is 5.32 Å². The van der Waals surface area contributed by atoms with Crippen LogP contribution in [0.25, 0.3) is 5.69 Å². The van der Waals surface area contributed by atoms with E-state index in [-0.39, 0.29) is 28.7 Å². The highest BCUT2D eigenvalue weighted by molar-refractivity contribution is 6.30. The Morgan fingerprint density at radius 2 is 2.08 bits per heavy atom. The topological polar surface area (TPSA) is 79.9 Å². The third kappa shape index (κ3) is 3.82. The number of halogens is 2. The predicted molar refractivity (Wildman–Crippen MR) is 93.5 cm³/mol. The Kier molecular flexibility index (Phi) is 5.15. The Labute approximate surface area is 153 Å². The highest BCUT2D eigenvalue weighted by Gasteiger charge is 2.18. The summed E-state index contributed by atoms with van der Waals surface area (Å²) in [7, 11) is 0. The first-order chi connectivity index (χ1) is 12.6. The summed E-state index contributed by atoms with van der Waals surface area (Å²) in [5.41, 5.74) is 0.908. The smallest absolute Gasteiger partial charge is 0.413 e. The number of anilines is 1. The molecule has 6 nitrogen and oxygen atoms in total. The number of rotatable bonds is 4. The van der Waals surface area contributed by atoms with Gasteiger partial charge in [-0.15, -0.1) is 0 Å². The molecular weight excluding hydrogens is 359 g/mol. The van der Waals surface area contributed by atoms with Crippen molar-refractivity contribution < 1.29 is 13.9 Å². The van der Waals surface area contributed by atoms with Crippen LogP contribution >= 0.6 is 11.6 Å². The summed E-state index contributed by atoms with van der Waals surface area (Å²) < 4.78 is 20.4. The van der Waals surface area contributed by atoms with Gasteiger partial charge in [-0.1, -0.05) is 41.9 Å². The van der Waals surface area contributed by atoms with Crippen molar-refractivity contribution in [3.05, 3.63) is 76.7 Å². The molecule has 0 saturated carbocycles. The van der Waals surface area contributed by atoms with Crippen LogP contribution < -0.4 is 5.32 Å². The summed E-state index contributed by atoms with van der Waals surface area (Å²) in [4.78, 5) is 12.1. The van der Waals surface area contributed by atoms with Gasteiger partial charge in [-0.2, -0.15) is 10.4 Å². The Morgan fingerprint density at radius 3 is 2.77 bits per heavy atom. The molecule has 8 heteroatoms. The number of nitrogens with zero attached hydrogens (tertiary/aromatic N) is 3. The first-order valence-corrected chi connectivity index (χ1v) is 7.87. The minimum atomic E-state index is -0.790. The van der Waals surface area contributed by atoms with Crippen molar-refractivity contribution in [3.63, 3.8) is 0 Å². The van der Waals surface area contributed by atoms with Crippen LogP contribution in [0.4, 0.5) is 15.0 Å². The second-order valence-electron chi connectivity index (χ2n) is 5.21. The number of ether oxygens (including phenoxy) is 1. The number of nitrogens with one attached hydrogen (secondary N) is 1. The van der Waals surface area contributed by atoms with Gasteiger partial charge >= 0.3 is 6.09 Å². The van der Waals surface area contributed by atoms with Crippen molar-refractivity contribution in [2.24, 2.45) is 0 Å². The molecule has 0 aliphatic carbocycles. The first kappa shape index (κ1) is 17.5. The van der Waals surface area contributed by atoms with E-state index in [1.807, 2.05) is 24.3 Å². The maximum absolute atomic E-state index is 14.2. The van der Waals surface area contributed by atoms with Crippen molar-refractivity contribution in [1.82, 2.24) is 9.78 Å². The minimum Gasteiger partial charge on any atom is -0.444 e. The zero-order valence-electron chi connectivity index (χ0n) is 13.3. The molecule has 1 aromatic heterocycles. The van der Waals surface area contributed by atoms with E-state index < -0.39 is 11.9 Å². The van der Waals surface area contributed by atoms with E-state index in [0.717, 1.165) is 16.3 Å². The molecule has 0 atom stereocenters. The third-order valence-electron chi connectivity index (χ3n) is 3.46. The average Bonchev–Trinajstić information content (AvgIpc) is 3.03. The standard InChI is InChI=1S/C18H12ClFN4O2/c19-14-6-7-16(15(20)8-14)24-17(13(9-21)10-22-24)23-18(25)26-11-12-4-2-1-3-5-12/h1-8,10H,11H2,(H,23,25). The van der Waals surface area contributed by atoms with Gasteiger partial charge in [0, 0.05) is 5.02 Å². The summed E-state index contributed by atoms with van der Waals surface area (Å²) in [6.45, 7) is 0.0536. The zero-order chi connectivity index (χ0) is 18.5. The van der Waals surface area contributed by atoms with E-state index in [4.69, 9.17) is 16.3 Å². The molecule has 130 valence electrons. The molecule has 0 spiro atoms. The molecule has 3 rings (SSSR count). The quantitative estimate of drug-likeness (QED) is 0.743. The van der Waals surface area contributed by atoms with Crippen molar-refractivity contribution in [1.29, 1.82) is 5.26 Å². The molecule has 1 amide bonds. The SMILES string of the molecule is N#Cc1cnn(-c2ccc(Cl)cc2F)c1NC(=O)OCc1ccccc1. The Hall–Kier alpha value is -3.37. The molecule has 1 heterocycles. The van der Waals surface area contributed by atoms with Crippen LogP contribution in [0.3, 0.4) is 0 Å². The number of hydrogen-bond donors (Lipinski definition) is 1. The number of carbonyl (C=O) groups excluding carboxylic acids is 1. The summed E-state index contributed by atoms with van der Waals surface area (Å²) in [5.74, 6) is -0.641. The van der Waals surface area contributed by atoms with Crippen LogP contribution in [0, 0.1) is 17.1 Å². The third-order valence-corrected chi connectivity index (χ3v) is 3.70. The van der Waals surface area contributed by atoms with Crippen LogP contribution in [0.1, 0.15) is 11.1 Å². The van der Waals surface area contributed by atoms with Gasteiger partial charge in [-0.3, -0.25) is 5.32 Å². The molecule has 2 aromatic carbocycles. The van der Waals surface area contributed by atoms with Gasteiger partial charge in [0.1, 0.15) is 29.7 Å². The molecule has 0 bridgehead atoms. The fraction of sp³-hybridized carbons (Fsp3) is 0.0556. The van der Waals surface area contributed by atoms with Gasteiger partial charge in [0.2, 0.25) is 0 Å². The van der Waals surface area contributed by atoms with Crippen molar-refractivity contribution >= 4 is 23.5 Å². The minimum absolute atomic E-state index is 0.00628. The van der Waals surface area contributed by atoms with E-state index in [2.05, 4.69) is 10.4 Å².